The highest BCUT2D eigenvalue weighted by Gasteiger charge is 2.04. The number of H-pyrrole nitrogens is 1. The summed E-state index contributed by atoms with van der Waals surface area (Å²) in [5, 5.41) is 10.3. The highest BCUT2D eigenvalue weighted by atomic mass is 15.1. The van der Waals surface area contributed by atoms with Crippen molar-refractivity contribution in [3.05, 3.63) is 17.0 Å². The molecule has 0 aliphatic carbocycles. The van der Waals surface area contributed by atoms with Crippen molar-refractivity contribution in [2.24, 2.45) is 0 Å². The van der Waals surface area contributed by atoms with Crippen LogP contribution in [0.3, 0.4) is 0 Å². The third-order valence-corrected chi connectivity index (χ3v) is 1.90. The molecule has 0 aliphatic heterocycles. The van der Waals surface area contributed by atoms with Crippen molar-refractivity contribution in [1.82, 2.24) is 15.5 Å². The van der Waals surface area contributed by atoms with Crippen molar-refractivity contribution in [3.63, 3.8) is 0 Å². The van der Waals surface area contributed by atoms with Gasteiger partial charge in [-0.25, -0.2) is 0 Å². The van der Waals surface area contributed by atoms with E-state index in [1.807, 2.05) is 7.05 Å². The Morgan fingerprint density at radius 3 is 2.73 bits per heavy atom. The Balaban J connectivity index is 2.82. The van der Waals surface area contributed by atoms with Crippen LogP contribution in [0.1, 0.15) is 23.9 Å². The lowest BCUT2D eigenvalue weighted by molar-refractivity contribution is 0.779. The Kier molecular flexibility index (Phi) is 2.65. The van der Waals surface area contributed by atoms with Gasteiger partial charge >= 0.3 is 0 Å². The summed E-state index contributed by atoms with van der Waals surface area (Å²) in [7, 11) is 1.94. The van der Waals surface area contributed by atoms with E-state index in [2.05, 4.69) is 29.4 Å². The van der Waals surface area contributed by atoms with E-state index >= 15 is 0 Å². The molecule has 1 rings (SSSR count). The van der Waals surface area contributed by atoms with Crippen LogP contribution in [0.25, 0.3) is 0 Å². The number of aromatic amines is 1. The number of aromatic nitrogens is 2. The maximum Gasteiger partial charge on any atom is 0.0651 e. The van der Waals surface area contributed by atoms with Crippen LogP contribution in [0, 0.1) is 6.92 Å². The van der Waals surface area contributed by atoms with Crippen LogP contribution in [0.15, 0.2) is 0 Å². The van der Waals surface area contributed by atoms with Crippen LogP contribution in [-0.2, 0) is 13.0 Å². The van der Waals surface area contributed by atoms with Crippen molar-refractivity contribution < 1.29 is 0 Å². The lowest BCUT2D eigenvalue weighted by Gasteiger charge is -1.96. The largest absolute Gasteiger partial charge is 0.314 e. The van der Waals surface area contributed by atoms with Crippen molar-refractivity contribution in [3.8, 4) is 0 Å². The molecule has 0 saturated carbocycles. The Bertz CT molecular complexity index is 227. The first-order valence-electron chi connectivity index (χ1n) is 3.96. The number of nitrogens with one attached hydrogen (secondary N) is 2. The molecule has 2 N–H and O–H groups in total. The number of aryl methyl sites for hydroxylation is 1. The molecule has 1 aromatic heterocycles. The smallest absolute Gasteiger partial charge is 0.0651 e. The molecule has 3 heteroatoms. The van der Waals surface area contributed by atoms with Gasteiger partial charge in [0, 0.05) is 6.54 Å². The molecule has 0 spiro atoms. The zero-order chi connectivity index (χ0) is 8.27. The van der Waals surface area contributed by atoms with Gasteiger partial charge in [-0.1, -0.05) is 6.92 Å². The number of hydrogen-bond donors (Lipinski definition) is 2. The maximum atomic E-state index is 4.19. The lowest BCUT2D eigenvalue weighted by atomic mass is 10.2. The molecule has 0 aliphatic rings. The Labute approximate surface area is 67.2 Å². The minimum absolute atomic E-state index is 0.874. The summed E-state index contributed by atoms with van der Waals surface area (Å²) in [4.78, 5) is 0. The molecule has 0 unspecified atom stereocenters. The predicted octanol–water partition coefficient (Wildman–Crippen LogP) is 1.000. The van der Waals surface area contributed by atoms with Gasteiger partial charge < -0.3 is 5.32 Å². The third kappa shape index (κ3) is 1.60. The first-order valence-corrected chi connectivity index (χ1v) is 3.96. The molecule has 0 atom stereocenters. The number of nitrogens with zero attached hydrogens (tertiary/aromatic N) is 1. The summed E-state index contributed by atoms with van der Waals surface area (Å²) >= 11 is 0. The topological polar surface area (TPSA) is 40.7 Å². The fraction of sp³-hybridized carbons (Fsp3) is 0.625. The van der Waals surface area contributed by atoms with Gasteiger partial charge in [-0.05, 0) is 26.0 Å². The van der Waals surface area contributed by atoms with Gasteiger partial charge in [0.15, 0.2) is 0 Å². The van der Waals surface area contributed by atoms with Gasteiger partial charge in [-0.3, -0.25) is 5.10 Å². The van der Waals surface area contributed by atoms with E-state index in [0.29, 0.717) is 0 Å². The summed E-state index contributed by atoms with van der Waals surface area (Å²) in [6.07, 6.45) is 1.01. The maximum absolute atomic E-state index is 4.19. The van der Waals surface area contributed by atoms with Gasteiger partial charge in [0.05, 0.1) is 11.4 Å². The van der Waals surface area contributed by atoms with Crippen LogP contribution in [-0.4, -0.2) is 17.2 Å². The monoisotopic (exact) mass is 153 g/mol. The van der Waals surface area contributed by atoms with Gasteiger partial charge in [0.1, 0.15) is 0 Å². The van der Waals surface area contributed by atoms with Gasteiger partial charge in [-0.15, -0.1) is 0 Å². The molecule has 0 aromatic carbocycles. The molecule has 0 radical (unpaired) electrons. The van der Waals surface area contributed by atoms with E-state index in [1.165, 1.54) is 17.0 Å². The van der Waals surface area contributed by atoms with Crippen molar-refractivity contribution in [2.75, 3.05) is 7.05 Å². The number of hydrogen-bond acceptors (Lipinski definition) is 2. The van der Waals surface area contributed by atoms with Crippen molar-refractivity contribution >= 4 is 0 Å². The molecular weight excluding hydrogens is 138 g/mol. The third-order valence-electron chi connectivity index (χ3n) is 1.90. The molecule has 1 heterocycles. The molecule has 11 heavy (non-hydrogen) atoms. The zero-order valence-electron chi connectivity index (χ0n) is 7.36. The average molecular weight is 153 g/mol. The molecule has 0 saturated heterocycles. The standard InChI is InChI=1S/C8H15N3/c1-4-7-6(2)8(5-9-3)11-10-7/h9H,4-5H2,1-3H3,(H,10,11). The molecule has 3 nitrogen and oxygen atoms in total. The molecule has 62 valence electrons. The highest BCUT2D eigenvalue weighted by Crippen LogP contribution is 2.09. The van der Waals surface area contributed by atoms with Crippen LogP contribution in [0.5, 0.6) is 0 Å². The SMILES string of the molecule is CCc1n[nH]c(CNC)c1C. The summed E-state index contributed by atoms with van der Waals surface area (Å²) in [5.41, 5.74) is 3.67. The molecular formula is C8H15N3. The first kappa shape index (κ1) is 8.27. The first-order chi connectivity index (χ1) is 5.29. The van der Waals surface area contributed by atoms with Crippen molar-refractivity contribution in [2.45, 2.75) is 26.8 Å². The van der Waals surface area contributed by atoms with E-state index in [4.69, 9.17) is 0 Å². The predicted molar refractivity (Wildman–Crippen MR) is 45.5 cm³/mol. The molecule has 0 bridgehead atoms. The Hall–Kier alpha value is -0.830. The van der Waals surface area contributed by atoms with Gasteiger partial charge in [-0.2, -0.15) is 5.10 Å². The second kappa shape index (κ2) is 3.53. The molecule has 0 amide bonds. The van der Waals surface area contributed by atoms with Gasteiger partial charge in [0.25, 0.3) is 0 Å². The van der Waals surface area contributed by atoms with Crippen LogP contribution < -0.4 is 5.32 Å². The summed E-state index contributed by atoms with van der Waals surface area (Å²) in [6.45, 7) is 5.10. The second-order valence-corrected chi connectivity index (χ2v) is 2.66. The van der Waals surface area contributed by atoms with E-state index in [0.717, 1.165) is 13.0 Å². The lowest BCUT2D eigenvalue weighted by Crippen LogP contribution is -2.06. The Morgan fingerprint density at radius 1 is 1.55 bits per heavy atom. The number of rotatable bonds is 3. The van der Waals surface area contributed by atoms with Gasteiger partial charge in [0.2, 0.25) is 0 Å². The average Bonchev–Trinajstić information content (AvgIpc) is 2.34. The highest BCUT2D eigenvalue weighted by molar-refractivity contribution is 5.23. The van der Waals surface area contributed by atoms with Crippen molar-refractivity contribution in [1.29, 1.82) is 0 Å². The van der Waals surface area contributed by atoms with E-state index in [9.17, 15) is 0 Å². The van der Waals surface area contributed by atoms with E-state index < -0.39 is 0 Å². The second-order valence-electron chi connectivity index (χ2n) is 2.66. The van der Waals surface area contributed by atoms with Crippen LogP contribution in [0.4, 0.5) is 0 Å². The molecule has 1 aromatic rings. The Morgan fingerprint density at radius 2 is 2.27 bits per heavy atom. The normalized spacial score (nSPS) is 10.5. The minimum Gasteiger partial charge on any atom is -0.314 e. The quantitative estimate of drug-likeness (QED) is 0.680. The summed E-state index contributed by atoms with van der Waals surface area (Å²) < 4.78 is 0. The van der Waals surface area contributed by atoms with Crippen LogP contribution in [0.2, 0.25) is 0 Å². The summed E-state index contributed by atoms with van der Waals surface area (Å²) in [6, 6.07) is 0. The summed E-state index contributed by atoms with van der Waals surface area (Å²) in [5.74, 6) is 0. The minimum atomic E-state index is 0.874. The fourth-order valence-corrected chi connectivity index (χ4v) is 1.17. The van der Waals surface area contributed by atoms with Crippen LogP contribution >= 0.6 is 0 Å². The molecule has 0 fully saturated rings. The van der Waals surface area contributed by atoms with E-state index in [-0.39, 0.29) is 0 Å². The fourth-order valence-electron chi connectivity index (χ4n) is 1.17. The van der Waals surface area contributed by atoms with E-state index in [1.54, 1.807) is 0 Å². The zero-order valence-corrected chi connectivity index (χ0v) is 7.36.